The molecular formula is C23H31ClN6O. The predicted molar refractivity (Wildman–Crippen MR) is 127 cm³/mol. The molecule has 1 unspecified atom stereocenters. The topological polar surface area (TPSA) is 72.9 Å². The fourth-order valence-electron chi connectivity index (χ4n) is 3.71. The van der Waals surface area contributed by atoms with Gasteiger partial charge in [-0.1, -0.05) is 23.7 Å². The van der Waals surface area contributed by atoms with Gasteiger partial charge < -0.3 is 20.4 Å². The summed E-state index contributed by atoms with van der Waals surface area (Å²) in [6.45, 7) is 7.76. The zero-order valence-corrected chi connectivity index (χ0v) is 19.2. The lowest BCUT2D eigenvalue weighted by molar-refractivity contribution is 0.0773. The van der Waals surface area contributed by atoms with Gasteiger partial charge in [-0.3, -0.25) is 9.79 Å². The minimum Gasteiger partial charge on any atom is -0.353 e. The number of guanidine groups is 1. The standard InChI is InChI=1S/C23H31ClN6O/c1-4-29(5-2)22(31)18-10-8-17(9-11-18)15-27-23(25-3)28-19-12-14-30(16-19)21-20(24)7-6-13-26-21/h6-11,13,19H,4-5,12,14-16H2,1-3H3,(H2,25,27,28). The largest absolute Gasteiger partial charge is 0.353 e. The van der Waals surface area contributed by atoms with Gasteiger partial charge in [0.25, 0.3) is 5.91 Å². The highest BCUT2D eigenvalue weighted by molar-refractivity contribution is 6.32. The van der Waals surface area contributed by atoms with Crippen molar-refractivity contribution in [3.63, 3.8) is 0 Å². The highest BCUT2D eigenvalue weighted by Crippen LogP contribution is 2.25. The van der Waals surface area contributed by atoms with Gasteiger partial charge in [-0.2, -0.15) is 0 Å². The van der Waals surface area contributed by atoms with Crippen molar-refractivity contribution in [3.8, 4) is 0 Å². The van der Waals surface area contributed by atoms with Crippen molar-refractivity contribution < 1.29 is 4.79 Å². The average molecular weight is 443 g/mol. The van der Waals surface area contributed by atoms with E-state index in [1.165, 1.54) is 0 Å². The SMILES string of the molecule is CCN(CC)C(=O)c1ccc(CNC(=NC)NC2CCN(c3ncccc3Cl)C2)cc1. The first kappa shape index (κ1) is 22.9. The van der Waals surface area contributed by atoms with Gasteiger partial charge >= 0.3 is 0 Å². The number of pyridine rings is 1. The second kappa shape index (κ2) is 11.0. The molecule has 2 N–H and O–H groups in total. The van der Waals surface area contributed by atoms with Crippen LogP contribution in [0.1, 0.15) is 36.2 Å². The summed E-state index contributed by atoms with van der Waals surface area (Å²) in [4.78, 5) is 25.2. The van der Waals surface area contributed by atoms with E-state index in [0.29, 0.717) is 30.2 Å². The van der Waals surface area contributed by atoms with E-state index in [0.717, 1.165) is 36.9 Å². The number of amides is 1. The number of nitrogens with one attached hydrogen (secondary N) is 2. The summed E-state index contributed by atoms with van der Waals surface area (Å²) < 4.78 is 0. The van der Waals surface area contributed by atoms with Crippen molar-refractivity contribution in [1.29, 1.82) is 0 Å². The Morgan fingerprint density at radius 3 is 2.65 bits per heavy atom. The van der Waals surface area contributed by atoms with E-state index >= 15 is 0 Å². The van der Waals surface area contributed by atoms with Crippen LogP contribution in [-0.4, -0.2) is 61.0 Å². The van der Waals surface area contributed by atoms with E-state index < -0.39 is 0 Å². The predicted octanol–water partition coefficient (Wildman–Crippen LogP) is 3.16. The molecule has 1 aliphatic heterocycles. The first-order chi connectivity index (χ1) is 15.0. The Hall–Kier alpha value is -2.80. The molecule has 0 spiro atoms. The van der Waals surface area contributed by atoms with Crippen LogP contribution in [0.2, 0.25) is 5.02 Å². The lowest BCUT2D eigenvalue weighted by Gasteiger charge is -2.20. The molecule has 31 heavy (non-hydrogen) atoms. The van der Waals surface area contributed by atoms with E-state index in [-0.39, 0.29) is 11.9 Å². The third kappa shape index (κ3) is 5.88. The van der Waals surface area contributed by atoms with Gasteiger partial charge in [0.15, 0.2) is 5.96 Å². The van der Waals surface area contributed by atoms with Crippen LogP contribution in [-0.2, 0) is 6.54 Å². The summed E-state index contributed by atoms with van der Waals surface area (Å²) in [6.07, 6.45) is 2.75. The molecule has 1 aliphatic rings. The molecule has 7 nitrogen and oxygen atoms in total. The van der Waals surface area contributed by atoms with Gasteiger partial charge in [-0.25, -0.2) is 4.98 Å². The minimum absolute atomic E-state index is 0.0702. The maximum atomic E-state index is 12.4. The number of aromatic nitrogens is 1. The van der Waals surface area contributed by atoms with Gasteiger partial charge in [0, 0.05) is 57.6 Å². The molecule has 2 aromatic rings. The zero-order chi connectivity index (χ0) is 22.2. The van der Waals surface area contributed by atoms with E-state index in [1.54, 1.807) is 13.2 Å². The average Bonchev–Trinajstić information content (AvgIpc) is 3.26. The number of anilines is 1. The molecule has 1 aromatic heterocycles. The van der Waals surface area contributed by atoms with Crippen molar-refractivity contribution in [3.05, 3.63) is 58.7 Å². The normalized spacial score (nSPS) is 16.3. The smallest absolute Gasteiger partial charge is 0.253 e. The van der Waals surface area contributed by atoms with Crippen molar-refractivity contribution in [2.75, 3.05) is 38.1 Å². The summed E-state index contributed by atoms with van der Waals surface area (Å²) >= 11 is 6.28. The van der Waals surface area contributed by atoms with Gasteiger partial charge in [-0.15, -0.1) is 0 Å². The van der Waals surface area contributed by atoms with Crippen LogP contribution >= 0.6 is 11.6 Å². The molecular weight excluding hydrogens is 412 g/mol. The van der Waals surface area contributed by atoms with Crippen LogP contribution in [0.5, 0.6) is 0 Å². The third-order valence-corrected chi connectivity index (χ3v) is 5.80. The van der Waals surface area contributed by atoms with Gasteiger partial charge in [0.2, 0.25) is 0 Å². The van der Waals surface area contributed by atoms with Crippen LogP contribution in [0.4, 0.5) is 5.82 Å². The van der Waals surface area contributed by atoms with E-state index in [9.17, 15) is 4.79 Å². The third-order valence-electron chi connectivity index (χ3n) is 5.50. The molecule has 0 bridgehead atoms. The molecule has 0 saturated carbocycles. The number of nitrogens with zero attached hydrogens (tertiary/aromatic N) is 4. The molecule has 0 radical (unpaired) electrons. The van der Waals surface area contributed by atoms with Crippen LogP contribution in [0.3, 0.4) is 0 Å². The van der Waals surface area contributed by atoms with E-state index in [4.69, 9.17) is 11.6 Å². The molecule has 8 heteroatoms. The molecule has 1 fully saturated rings. The van der Waals surface area contributed by atoms with Crippen LogP contribution in [0, 0.1) is 0 Å². The molecule has 2 heterocycles. The molecule has 166 valence electrons. The maximum absolute atomic E-state index is 12.4. The first-order valence-electron chi connectivity index (χ1n) is 10.8. The Morgan fingerprint density at radius 2 is 2.00 bits per heavy atom. The second-order valence-electron chi connectivity index (χ2n) is 7.48. The lowest BCUT2D eigenvalue weighted by atomic mass is 10.1. The van der Waals surface area contributed by atoms with Gasteiger partial charge in [0.1, 0.15) is 5.82 Å². The number of carbonyl (C=O) groups is 1. The quantitative estimate of drug-likeness (QED) is 0.509. The summed E-state index contributed by atoms with van der Waals surface area (Å²) in [5.41, 5.74) is 1.81. The van der Waals surface area contributed by atoms with Crippen molar-refractivity contribution in [1.82, 2.24) is 20.5 Å². The van der Waals surface area contributed by atoms with Crippen molar-refractivity contribution in [2.24, 2.45) is 4.99 Å². The van der Waals surface area contributed by atoms with Crippen molar-refractivity contribution in [2.45, 2.75) is 32.9 Å². The highest BCUT2D eigenvalue weighted by atomic mass is 35.5. The Kier molecular flexibility index (Phi) is 8.12. The number of hydrogen-bond acceptors (Lipinski definition) is 4. The van der Waals surface area contributed by atoms with E-state index in [1.807, 2.05) is 55.1 Å². The first-order valence-corrected chi connectivity index (χ1v) is 11.1. The van der Waals surface area contributed by atoms with Crippen LogP contribution in [0.25, 0.3) is 0 Å². The summed E-state index contributed by atoms with van der Waals surface area (Å²) in [5.74, 6) is 1.65. The number of hydrogen-bond donors (Lipinski definition) is 2. The van der Waals surface area contributed by atoms with Crippen molar-refractivity contribution >= 4 is 29.3 Å². The van der Waals surface area contributed by atoms with Gasteiger partial charge in [-0.05, 0) is 50.1 Å². The summed E-state index contributed by atoms with van der Waals surface area (Å²) in [7, 11) is 1.77. The Labute approximate surface area is 189 Å². The molecule has 3 rings (SSSR count). The van der Waals surface area contributed by atoms with Gasteiger partial charge in [0.05, 0.1) is 5.02 Å². The lowest BCUT2D eigenvalue weighted by Crippen LogP contribution is -2.44. The Bertz CT molecular complexity index is 897. The molecule has 0 aliphatic carbocycles. The fraction of sp³-hybridized carbons (Fsp3) is 0.435. The maximum Gasteiger partial charge on any atom is 0.253 e. The summed E-state index contributed by atoms with van der Waals surface area (Å²) in [5, 5.41) is 7.51. The number of halogens is 1. The number of rotatable bonds is 7. The number of aliphatic imine (C=N–C) groups is 1. The fourth-order valence-corrected chi connectivity index (χ4v) is 3.95. The monoisotopic (exact) mass is 442 g/mol. The molecule has 1 amide bonds. The molecule has 1 saturated heterocycles. The van der Waals surface area contributed by atoms with E-state index in [2.05, 4.69) is 25.5 Å². The highest BCUT2D eigenvalue weighted by Gasteiger charge is 2.25. The Balaban J connectivity index is 1.51. The zero-order valence-electron chi connectivity index (χ0n) is 18.4. The number of carbonyl (C=O) groups excluding carboxylic acids is 1. The van der Waals surface area contributed by atoms with Crippen LogP contribution < -0.4 is 15.5 Å². The minimum atomic E-state index is 0.0702. The Morgan fingerprint density at radius 1 is 1.26 bits per heavy atom. The second-order valence-corrected chi connectivity index (χ2v) is 7.89. The summed E-state index contributed by atoms with van der Waals surface area (Å²) in [6, 6.07) is 11.7. The van der Waals surface area contributed by atoms with Crippen LogP contribution in [0.15, 0.2) is 47.6 Å². The molecule has 1 atom stereocenters. The molecule has 1 aromatic carbocycles. The number of benzene rings is 1.